The van der Waals surface area contributed by atoms with E-state index in [2.05, 4.69) is 27.0 Å². The molecular formula is C18H27N7O2. The Morgan fingerprint density at radius 3 is 2.89 bits per heavy atom. The van der Waals surface area contributed by atoms with Crippen molar-refractivity contribution in [1.29, 1.82) is 0 Å². The summed E-state index contributed by atoms with van der Waals surface area (Å²) in [7, 11) is 3.65. The molecule has 146 valence electrons. The molecule has 1 aromatic heterocycles. The smallest absolute Gasteiger partial charge is 0.270 e. The standard InChI is InChI=1S/C18H27N7O2/c1-23(12-16-20-9-7-15(19)21-16)13-4-3-10-25(11-8-13)18(27)14-5-6-17(26)24(2)22-14/h7,9,13H,3-6,8,10-12H2,1-2H3,(H2,19,20,21)/t13-/m1/s1. The van der Waals surface area contributed by atoms with Gasteiger partial charge in [0.05, 0.1) is 6.54 Å². The first-order chi connectivity index (χ1) is 12.9. The lowest BCUT2D eigenvalue weighted by molar-refractivity contribution is -0.130. The number of anilines is 1. The summed E-state index contributed by atoms with van der Waals surface area (Å²) in [5.41, 5.74) is 6.21. The average molecular weight is 373 g/mol. The van der Waals surface area contributed by atoms with Crippen LogP contribution in [0.3, 0.4) is 0 Å². The highest BCUT2D eigenvalue weighted by Crippen LogP contribution is 2.19. The number of hydrogen-bond acceptors (Lipinski definition) is 7. The van der Waals surface area contributed by atoms with Crippen LogP contribution in [0.25, 0.3) is 0 Å². The van der Waals surface area contributed by atoms with E-state index in [1.165, 1.54) is 5.01 Å². The van der Waals surface area contributed by atoms with Gasteiger partial charge in [-0.05, 0) is 32.4 Å². The van der Waals surface area contributed by atoms with Gasteiger partial charge in [-0.1, -0.05) is 0 Å². The van der Waals surface area contributed by atoms with Crippen LogP contribution in [-0.4, -0.2) is 75.5 Å². The Morgan fingerprint density at radius 1 is 1.33 bits per heavy atom. The normalized spacial score (nSPS) is 21.2. The van der Waals surface area contributed by atoms with Crippen LogP contribution in [0.2, 0.25) is 0 Å². The molecule has 0 saturated carbocycles. The lowest BCUT2D eigenvalue weighted by Crippen LogP contribution is -2.41. The lowest BCUT2D eigenvalue weighted by atomic mass is 10.1. The van der Waals surface area contributed by atoms with Crippen LogP contribution in [0.15, 0.2) is 17.4 Å². The summed E-state index contributed by atoms with van der Waals surface area (Å²) in [6.45, 7) is 2.03. The van der Waals surface area contributed by atoms with Gasteiger partial charge in [-0.2, -0.15) is 5.10 Å². The fraction of sp³-hybridized carbons (Fsp3) is 0.611. The Balaban J connectivity index is 1.57. The Morgan fingerprint density at radius 2 is 2.15 bits per heavy atom. The third-order valence-electron chi connectivity index (χ3n) is 5.18. The largest absolute Gasteiger partial charge is 0.384 e. The summed E-state index contributed by atoms with van der Waals surface area (Å²) in [6, 6.07) is 2.03. The molecule has 1 saturated heterocycles. The summed E-state index contributed by atoms with van der Waals surface area (Å²) in [4.78, 5) is 37.0. The van der Waals surface area contributed by atoms with Gasteiger partial charge in [-0.3, -0.25) is 14.5 Å². The van der Waals surface area contributed by atoms with Gasteiger partial charge in [-0.15, -0.1) is 0 Å². The van der Waals surface area contributed by atoms with Crippen LogP contribution >= 0.6 is 0 Å². The van der Waals surface area contributed by atoms with Crippen LogP contribution < -0.4 is 5.73 Å². The summed E-state index contributed by atoms with van der Waals surface area (Å²) in [5.74, 6) is 1.09. The molecule has 1 atom stereocenters. The molecular weight excluding hydrogens is 346 g/mol. The van der Waals surface area contributed by atoms with Crippen LogP contribution in [0.1, 0.15) is 37.9 Å². The minimum absolute atomic E-state index is 0.0446. The number of hydrogen-bond donors (Lipinski definition) is 1. The molecule has 9 heteroatoms. The van der Waals surface area contributed by atoms with E-state index in [-0.39, 0.29) is 11.8 Å². The quantitative estimate of drug-likeness (QED) is 0.822. The molecule has 1 aromatic rings. The molecule has 0 aliphatic carbocycles. The van der Waals surface area contributed by atoms with Gasteiger partial charge in [0.1, 0.15) is 17.4 Å². The molecule has 27 heavy (non-hydrogen) atoms. The number of aromatic nitrogens is 2. The minimum Gasteiger partial charge on any atom is -0.384 e. The molecule has 3 rings (SSSR count). The number of nitrogen functional groups attached to an aromatic ring is 1. The first-order valence-electron chi connectivity index (χ1n) is 9.35. The molecule has 0 spiro atoms. The number of nitrogens with zero attached hydrogens (tertiary/aromatic N) is 6. The molecule has 1 fully saturated rings. The van der Waals surface area contributed by atoms with Crippen molar-refractivity contribution >= 4 is 23.3 Å². The maximum absolute atomic E-state index is 12.8. The molecule has 0 aromatic carbocycles. The second-order valence-electron chi connectivity index (χ2n) is 7.15. The molecule has 3 heterocycles. The van der Waals surface area contributed by atoms with Crippen molar-refractivity contribution in [3.05, 3.63) is 18.1 Å². The number of amides is 2. The van der Waals surface area contributed by atoms with Gasteiger partial charge in [0.2, 0.25) is 5.91 Å². The Labute approximate surface area is 159 Å². The fourth-order valence-corrected chi connectivity index (χ4v) is 3.57. The molecule has 2 amide bonds. The maximum atomic E-state index is 12.8. The highest BCUT2D eigenvalue weighted by atomic mass is 16.2. The molecule has 0 radical (unpaired) electrons. The summed E-state index contributed by atoms with van der Waals surface area (Å²) in [6.07, 6.45) is 5.27. The van der Waals surface area contributed by atoms with Gasteiger partial charge >= 0.3 is 0 Å². The number of carbonyl (C=O) groups excluding carboxylic acids is 2. The van der Waals surface area contributed by atoms with Crippen molar-refractivity contribution in [1.82, 2.24) is 24.8 Å². The van der Waals surface area contributed by atoms with Crippen molar-refractivity contribution < 1.29 is 9.59 Å². The summed E-state index contributed by atoms with van der Waals surface area (Å²) in [5, 5.41) is 5.43. The second kappa shape index (κ2) is 8.43. The van der Waals surface area contributed by atoms with Crippen molar-refractivity contribution in [3.8, 4) is 0 Å². The molecule has 9 nitrogen and oxygen atoms in total. The van der Waals surface area contributed by atoms with Crippen molar-refractivity contribution in [2.45, 2.75) is 44.7 Å². The predicted octanol–water partition coefficient (Wildman–Crippen LogP) is 0.480. The van der Waals surface area contributed by atoms with Crippen LogP contribution in [0, 0.1) is 0 Å². The Kier molecular flexibility index (Phi) is 6.00. The number of nitrogens with two attached hydrogens (primary N) is 1. The zero-order valence-electron chi connectivity index (χ0n) is 16.0. The van der Waals surface area contributed by atoms with Gasteiger partial charge in [0, 0.05) is 45.2 Å². The third kappa shape index (κ3) is 4.79. The van der Waals surface area contributed by atoms with E-state index in [4.69, 9.17) is 5.73 Å². The zero-order chi connectivity index (χ0) is 19.4. The number of rotatable bonds is 4. The molecule has 2 aliphatic heterocycles. The fourth-order valence-electron chi connectivity index (χ4n) is 3.57. The van der Waals surface area contributed by atoms with E-state index in [9.17, 15) is 9.59 Å². The van der Waals surface area contributed by atoms with Crippen molar-refractivity contribution in [3.63, 3.8) is 0 Å². The van der Waals surface area contributed by atoms with Gasteiger partial charge in [0.25, 0.3) is 5.91 Å². The number of hydrazone groups is 1. The maximum Gasteiger partial charge on any atom is 0.270 e. The second-order valence-corrected chi connectivity index (χ2v) is 7.15. The summed E-state index contributed by atoms with van der Waals surface area (Å²) >= 11 is 0. The lowest BCUT2D eigenvalue weighted by Gasteiger charge is -2.27. The number of likely N-dealkylation sites (tertiary alicyclic amines) is 1. The molecule has 0 unspecified atom stereocenters. The highest BCUT2D eigenvalue weighted by Gasteiger charge is 2.28. The average Bonchev–Trinajstić information content (AvgIpc) is 2.90. The van der Waals surface area contributed by atoms with Crippen LogP contribution in [0.4, 0.5) is 5.82 Å². The predicted molar refractivity (Wildman–Crippen MR) is 102 cm³/mol. The van der Waals surface area contributed by atoms with E-state index < -0.39 is 0 Å². The third-order valence-corrected chi connectivity index (χ3v) is 5.18. The van der Waals surface area contributed by atoms with Gasteiger partial charge in [0.15, 0.2) is 0 Å². The molecule has 0 bridgehead atoms. The van der Waals surface area contributed by atoms with Gasteiger partial charge < -0.3 is 10.6 Å². The molecule has 2 aliphatic rings. The Hall–Kier alpha value is -2.55. The first kappa shape index (κ1) is 19.2. The van der Waals surface area contributed by atoms with Crippen LogP contribution in [0.5, 0.6) is 0 Å². The SMILES string of the molecule is CN1N=C(C(=O)N2CCC[C@@H](N(C)Cc3nccc(N)n3)CC2)CCC1=O. The summed E-state index contributed by atoms with van der Waals surface area (Å²) < 4.78 is 0. The highest BCUT2D eigenvalue weighted by molar-refractivity contribution is 6.39. The zero-order valence-corrected chi connectivity index (χ0v) is 16.0. The van der Waals surface area contributed by atoms with E-state index in [0.717, 1.165) is 19.3 Å². The van der Waals surface area contributed by atoms with E-state index in [0.29, 0.717) is 55.9 Å². The first-order valence-corrected chi connectivity index (χ1v) is 9.35. The van der Waals surface area contributed by atoms with Gasteiger partial charge in [-0.25, -0.2) is 15.0 Å². The van der Waals surface area contributed by atoms with E-state index in [1.54, 1.807) is 19.3 Å². The monoisotopic (exact) mass is 373 g/mol. The van der Waals surface area contributed by atoms with Crippen molar-refractivity contribution in [2.24, 2.45) is 5.10 Å². The minimum atomic E-state index is -0.0483. The molecule has 2 N–H and O–H groups in total. The van der Waals surface area contributed by atoms with E-state index in [1.807, 2.05) is 4.90 Å². The van der Waals surface area contributed by atoms with Crippen molar-refractivity contribution in [2.75, 3.05) is 32.9 Å². The van der Waals surface area contributed by atoms with E-state index >= 15 is 0 Å². The Bertz CT molecular complexity index is 736. The topological polar surface area (TPSA) is 108 Å². The number of carbonyl (C=O) groups is 2. The van der Waals surface area contributed by atoms with Crippen LogP contribution in [-0.2, 0) is 16.1 Å².